The smallest absolute Gasteiger partial charge is 0.238 e. The van der Waals surface area contributed by atoms with E-state index in [0.29, 0.717) is 6.54 Å². The van der Waals surface area contributed by atoms with Crippen molar-refractivity contribution in [3.63, 3.8) is 0 Å². The lowest BCUT2D eigenvalue weighted by Crippen LogP contribution is -2.35. The maximum Gasteiger partial charge on any atom is 0.238 e. The van der Waals surface area contributed by atoms with Crippen molar-refractivity contribution in [2.75, 3.05) is 31.5 Å². The van der Waals surface area contributed by atoms with E-state index >= 15 is 0 Å². The van der Waals surface area contributed by atoms with Crippen molar-refractivity contribution < 1.29 is 9.18 Å². The van der Waals surface area contributed by atoms with Crippen molar-refractivity contribution in [1.82, 2.24) is 4.90 Å². The van der Waals surface area contributed by atoms with Crippen LogP contribution in [0.1, 0.15) is 18.9 Å². The Morgan fingerprint density at radius 2 is 2.30 bits per heavy atom. The van der Waals surface area contributed by atoms with Gasteiger partial charge in [0.05, 0.1) is 12.2 Å². The van der Waals surface area contributed by atoms with Crippen LogP contribution in [0, 0.1) is 18.2 Å². The lowest BCUT2D eigenvalue weighted by molar-refractivity contribution is -0.117. The van der Waals surface area contributed by atoms with Gasteiger partial charge in [0, 0.05) is 6.54 Å². The van der Waals surface area contributed by atoms with Crippen LogP contribution in [0.25, 0.3) is 0 Å². The average Bonchev–Trinajstić information content (AvgIpc) is 2.75. The Kier molecular flexibility index (Phi) is 4.40. The first kappa shape index (κ1) is 14.9. The van der Waals surface area contributed by atoms with Crippen LogP contribution in [0.2, 0.25) is 0 Å². The molecule has 1 fully saturated rings. The van der Waals surface area contributed by atoms with Gasteiger partial charge >= 0.3 is 0 Å². The van der Waals surface area contributed by atoms with E-state index in [0.717, 1.165) is 25.1 Å². The van der Waals surface area contributed by atoms with Crippen LogP contribution in [-0.2, 0) is 4.79 Å². The van der Waals surface area contributed by atoms with Gasteiger partial charge in [-0.05, 0) is 49.5 Å². The van der Waals surface area contributed by atoms with Crippen molar-refractivity contribution >= 4 is 11.6 Å². The summed E-state index contributed by atoms with van der Waals surface area (Å²) in [5.41, 5.74) is 6.90. The molecule has 0 spiro atoms. The van der Waals surface area contributed by atoms with Gasteiger partial charge in [0.1, 0.15) is 5.82 Å². The monoisotopic (exact) mass is 279 g/mol. The second-order valence-electron chi connectivity index (χ2n) is 6.01. The highest BCUT2D eigenvalue weighted by atomic mass is 19.1. The van der Waals surface area contributed by atoms with Crippen molar-refractivity contribution in [3.8, 4) is 0 Å². The van der Waals surface area contributed by atoms with E-state index in [1.165, 1.54) is 6.07 Å². The number of halogens is 1. The second-order valence-corrected chi connectivity index (χ2v) is 6.01. The molecular weight excluding hydrogens is 257 g/mol. The van der Waals surface area contributed by atoms with E-state index in [9.17, 15) is 9.18 Å². The molecule has 1 aromatic carbocycles. The number of aryl methyl sites for hydroxylation is 1. The van der Waals surface area contributed by atoms with Gasteiger partial charge in [0.15, 0.2) is 0 Å². The number of nitrogens with zero attached hydrogens (tertiary/aromatic N) is 1. The Morgan fingerprint density at radius 3 is 2.90 bits per heavy atom. The number of hydrogen-bond acceptors (Lipinski definition) is 3. The third-order valence-electron chi connectivity index (χ3n) is 3.90. The molecule has 0 saturated carbocycles. The summed E-state index contributed by atoms with van der Waals surface area (Å²) in [6.07, 6.45) is 0.996. The van der Waals surface area contributed by atoms with Crippen LogP contribution >= 0.6 is 0 Å². The van der Waals surface area contributed by atoms with Gasteiger partial charge in [-0.3, -0.25) is 9.69 Å². The molecule has 1 heterocycles. The van der Waals surface area contributed by atoms with E-state index in [2.05, 4.69) is 17.1 Å². The fraction of sp³-hybridized carbons (Fsp3) is 0.533. The summed E-state index contributed by atoms with van der Waals surface area (Å²) in [6, 6.07) is 4.79. The number of anilines is 1. The zero-order valence-corrected chi connectivity index (χ0v) is 12.1. The Balaban J connectivity index is 1.90. The minimum atomic E-state index is -0.397. The topological polar surface area (TPSA) is 58.4 Å². The van der Waals surface area contributed by atoms with Gasteiger partial charge in [-0.1, -0.05) is 13.0 Å². The van der Waals surface area contributed by atoms with Crippen LogP contribution in [0.4, 0.5) is 10.1 Å². The molecule has 1 saturated heterocycles. The Bertz CT molecular complexity index is 506. The van der Waals surface area contributed by atoms with Crippen molar-refractivity contribution in [2.45, 2.75) is 20.3 Å². The highest BCUT2D eigenvalue weighted by molar-refractivity contribution is 5.92. The van der Waals surface area contributed by atoms with Crippen LogP contribution < -0.4 is 11.1 Å². The zero-order valence-electron chi connectivity index (χ0n) is 12.1. The quantitative estimate of drug-likeness (QED) is 0.882. The van der Waals surface area contributed by atoms with Crippen molar-refractivity contribution in [2.24, 2.45) is 11.1 Å². The van der Waals surface area contributed by atoms with Gasteiger partial charge < -0.3 is 11.1 Å². The molecule has 2 rings (SSSR count). The van der Waals surface area contributed by atoms with Gasteiger partial charge in [-0.15, -0.1) is 0 Å². The predicted octanol–water partition coefficient (Wildman–Crippen LogP) is 1.74. The molecule has 110 valence electrons. The average molecular weight is 279 g/mol. The summed E-state index contributed by atoms with van der Waals surface area (Å²) in [4.78, 5) is 14.0. The third-order valence-corrected chi connectivity index (χ3v) is 3.90. The van der Waals surface area contributed by atoms with E-state index in [1.54, 1.807) is 12.1 Å². The molecule has 1 aliphatic rings. The number of rotatable bonds is 4. The molecule has 4 nitrogen and oxygen atoms in total. The second kappa shape index (κ2) is 5.89. The van der Waals surface area contributed by atoms with E-state index in [1.807, 2.05) is 6.92 Å². The predicted molar refractivity (Wildman–Crippen MR) is 78.0 cm³/mol. The molecule has 5 heteroatoms. The summed E-state index contributed by atoms with van der Waals surface area (Å²) in [6.45, 7) is 6.52. The molecule has 0 aliphatic carbocycles. The lowest BCUT2D eigenvalue weighted by atomic mass is 9.90. The summed E-state index contributed by atoms with van der Waals surface area (Å²) < 4.78 is 13.7. The SMILES string of the molecule is Cc1ccc(NC(=O)CN2CCC(C)(CN)C2)c(F)c1. The van der Waals surface area contributed by atoms with Crippen LogP contribution in [-0.4, -0.2) is 37.0 Å². The number of carbonyl (C=O) groups excluding carboxylic acids is 1. The highest BCUT2D eigenvalue weighted by Gasteiger charge is 2.33. The summed E-state index contributed by atoms with van der Waals surface area (Å²) >= 11 is 0. The molecule has 0 radical (unpaired) electrons. The third kappa shape index (κ3) is 3.55. The molecule has 1 aromatic rings. The molecule has 0 bridgehead atoms. The molecule has 1 aliphatic heterocycles. The standard InChI is InChI=1S/C15H22FN3O/c1-11-3-4-13(12(16)7-11)18-14(20)8-19-6-5-15(2,9-17)10-19/h3-4,7H,5-6,8-10,17H2,1-2H3,(H,18,20). The van der Waals surface area contributed by atoms with Crippen molar-refractivity contribution in [1.29, 1.82) is 0 Å². The summed E-state index contributed by atoms with van der Waals surface area (Å²) in [7, 11) is 0. The molecule has 0 aromatic heterocycles. The maximum atomic E-state index is 13.7. The number of benzene rings is 1. The number of carbonyl (C=O) groups is 1. The minimum Gasteiger partial charge on any atom is -0.330 e. The number of likely N-dealkylation sites (tertiary alicyclic amines) is 1. The molecule has 1 atom stereocenters. The number of hydrogen-bond donors (Lipinski definition) is 2. The number of nitrogens with two attached hydrogens (primary N) is 1. The summed E-state index contributed by atoms with van der Waals surface area (Å²) in [5.74, 6) is -0.583. The van der Waals surface area contributed by atoms with E-state index < -0.39 is 5.82 Å². The number of nitrogens with one attached hydrogen (secondary N) is 1. The van der Waals surface area contributed by atoms with Crippen molar-refractivity contribution in [3.05, 3.63) is 29.6 Å². The number of amides is 1. The molecule has 20 heavy (non-hydrogen) atoms. The van der Waals surface area contributed by atoms with Crippen LogP contribution in [0.5, 0.6) is 0 Å². The maximum absolute atomic E-state index is 13.7. The van der Waals surface area contributed by atoms with Gasteiger partial charge in [0.25, 0.3) is 0 Å². The van der Waals surface area contributed by atoms with Gasteiger partial charge in [-0.2, -0.15) is 0 Å². The Hall–Kier alpha value is -1.46. The first-order valence-corrected chi connectivity index (χ1v) is 6.90. The van der Waals surface area contributed by atoms with Gasteiger partial charge in [-0.25, -0.2) is 4.39 Å². The fourth-order valence-electron chi connectivity index (χ4n) is 2.54. The fourth-order valence-corrected chi connectivity index (χ4v) is 2.54. The zero-order chi connectivity index (χ0) is 14.8. The first-order valence-electron chi connectivity index (χ1n) is 6.90. The lowest BCUT2D eigenvalue weighted by Gasteiger charge is -2.22. The highest BCUT2D eigenvalue weighted by Crippen LogP contribution is 2.28. The molecular formula is C15H22FN3O. The van der Waals surface area contributed by atoms with Gasteiger partial charge in [0.2, 0.25) is 5.91 Å². The largest absolute Gasteiger partial charge is 0.330 e. The van der Waals surface area contributed by atoms with E-state index in [-0.39, 0.29) is 23.6 Å². The van der Waals surface area contributed by atoms with Crippen LogP contribution in [0.15, 0.2) is 18.2 Å². The minimum absolute atomic E-state index is 0.0926. The molecule has 3 N–H and O–H groups in total. The summed E-state index contributed by atoms with van der Waals surface area (Å²) in [5, 5.41) is 2.62. The Labute approximate surface area is 119 Å². The Morgan fingerprint density at radius 1 is 1.55 bits per heavy atom. The first-order chi connectivity index (χ1) is 9.42. The van der Waals surface area contributed by atoms with Crippen LogP contribution in [0.3, 0.4) is 0 Å². The normalized spacial score (nSPS) is 23.0. The molecule has 1 amide bonds. The van der Waals surface area contributed by atoms with E-state index in [4.69, 9.17) is 5.73 Å². The molecule has 1 unspecified atom stereocenters.